The smallest absolute Gasteiger partial charge is 0.266 e. The Morgan fingerprint density at radius 1 is 1.02 bits per heavy atom. The molecule has 0 aliphatic heterocycles. The molecule has 0 bridgehead atoms. The van der Waals surface area contributed by atoms with Crippen LogP contribution in [-0.4, -0.2) is 48.8 Å². The second-order valence-corrected chi connectivity index (χ2v) is 14.5. The molecule has 3 saturated carbocycles. The lowest BCUT2D eigenvalue weighted by Gasteiger charge is -2.60. The van der Waals surface area contributed by atoms with Crippen LogP contribution in [0.4, 0.5) is 0 Å². The van der Waals surface area contributed by atoms with Gasteiger partial charge in [0.05, 0.1) is 28.4 Å². The first-order valence-corrected chi connectivity index (χ1v) is 16.4. The maximum Gasteiger partial charge on any atom is 0.266 e. The van der Waals surface area contributed by atoms with Crippen LogP contribution >= 0.6 is 11.8 Å². The molecule has 0 spiro atoms. The van der Waals surface area contributed by atoms with E-state index in [0.29, 0.717) is 41.0 Å². The van der Waals surface area contributed by atoms with Crippen LogP contribution in [-0.2, 0) is 9.59 Å². The quantitative estimate of drug-likeness (QED) is 0.304. The molecule has 7 nitrogen and oxygen atoms in total. The lowest BCUT2D eigenvalue weighted by Crippen LogP contribution is -2.62. The van der Waals surface area contributed by atoms with Crippen LogP contribution in [0.1, 0.15) is 58.8 Å². The van der Waals surface area contributed by atoms with Crippen molar-refractivity contribution in [2.24, 2.45) is 28.6 Å². The zero-order valence-corrected chi connectivity index (χ0v) is 25.5. The highest BCUT2D eigenvalue weighted by molar-refractivity contribution is 7.99. The number of Topliss-reactive ketones (excluding diaryl/α,β-unsaturated/α-hetero) is 1. The van der Waals surface area contributed by atoms with Crippen molar-refractivity contribution in [1.82, 2.24) is 9.55 Å². The van der Waals surface area contributed by atoms with Gasteiger partial charge in [0.25, 0.3) is 5.56 Å². The van der Waals surface area contributed by atoms with E-state index < -0.39 is 17.1 Å². The first kappa shape index (κ1) is 28.7. The number of thioether (sulfide) groups is 1. The normalized spacial score (nSPS) is 35.2. The number of carbonyl (C=O) groups is 2. The van der Waals surface area contributed by atoms with E-state index in [1.54, 1.807) is 16.7 Å². The molecule has 0 radical (unpaired) electrons. The fourth-order valence-corrected chi connectivity index (χ4v) is 10.4. The van der Waals surface area contributed by atoms with E-state index in [9.17, 15) is 24.6 Å². The Bertz CT molecular complexity index is 1720. The van der Waals surface area contributed by atoms with Gasteiger partial charge in [-0.3, -0.25) is 19.0 Å². The average Bonchev–Trinajstić information content (AvgIpc) is 3.27. The van der Waals surface area contributed by atoms with Crippen LogP contribution in [0.15, 0.2) is 76.2 Å². The number of benzene rings is 2. The summed E-state index contributed by atoms with van der Waals surface area (Å²) in [6.07, 6.45) is 5.55. The lowest BCUT2D eigenvalue weighted by molar-refractivity contribution is -0.178. The third-order valence-corrected chi connectivity index (χ3v) is 12.5. The summed E-state index contributed by atoms with van der Waals surface area (Å²) in [6, 6.07) is 16.5. The minimum atomic E-state index is -1.58. The van der Waals surface area contributed by atoms with Crippen molar-refractivity contribution in [2.45, 2.75) is 75.7 Å². The number of fused-ring (bicyclic) bond motifs is 6. The largest absolute Gasteiger partial charge is 0.393 e. The summed E-state index contributed by atoms with van der Waals surface area (Å²) in [4.78, 5) is 44.7. The number of aliphatic hydroxyl groups excluding tert-OH is 1. The summed E-state index contributed by atoms with van der Waals surface area (Å²) >= 11 is 1.18. The summed E-state index contributed by atoms with van der Waals surface area (Å²) in [6.45, 7) is 4.21. The van der Waals surface area contributed by atoms with Gasteiger partial charge in [-0.1, -0.05) is 61.5 Å². The minimum absolute atomic E-state index is 0.0209. The van der Waals surface area contributed by atoms with Crippen LogP contribution in [0.3, 0.4) is 0 Å². The van der Waals surface area contributed by atoms with Crippen molar-refractivity contribution in [3.63, 3.8) is 0 Å². The number of carbonyl (C=O) groups excluding carboxylic acids is 2. The topological polar surface area (TPSA) is 109 Å². The molecule has 6 unspecified atom stereocenters. The van der Waals surface area contributed by atoms with E-state index in [4.69, 9.17) is 4.98 Å². The number of para-hydroxylation sites is 2. The monoisotopic (exact) mass is 598 g/mol. The Morgan fingerprint density at radius 2 is 1.77 bits per heavy atom. The Morgan fingerprint density at radius 3 is 2.56 bits per heavy atom. The third kappa shape index (κ3) is 4.24. The first-order chi connectivity index (χ1) is 20.6. The van der Waals surface area contributed by atoms with Crippen molar-refractivity contribution in [2.75, 3.05) is 5.75 Å². The van der Waals surface area contributed by atoms with E-state index in [0.717, 1.165) is 25.7 Å². The summed E-state index contributed by atoms with van der Waals surface area (Å²) in [5.41, 5.74) is -0.373. The number of hydrogen-bond donors (Lipinski definition) is 2. The molecule has 7 rings (SSSR count). The highest BCUT2D eigenvalue weighted by Gasteiger charge is 2.68. The van der Waals surface area contributed by atoms with E-state index in [2.05, 4.69) is 6.92 Å². The molecule has 224 valence electrons. The van der Waals surface area contributed by atoms with Gasteiger partial charge in [-0.2, -0.15) is 0 Å². The van der Waals surface area contributed by atoms with Gasteiger partial charge in [0.2, 0.25) is 0 Å². The summed E-state index contributed by atoms with van der Waals surface area (Å²) in [7, 11) is 0. The Balaban J connectivity index is 1.18. The van der Waals surface area contributed by atoms with Crippen LogP contribution in [0, 0.1) is 28.6 Å². The first-order valence-electron chi connectivity index (χ1n) is 15.4. The van der Waals surface area contributed by atoms with Crippen LogP contribution in [0.2, 0.25) is 0 Å². The fraction of sp³-hybridized carbons (Fsp3) is 0.486. The van der Waals surface area contributed by atoms with Gasteiger partial charge in [-0.15, -0.1) is 0 Å². The maximum atomic E-state index is 14.1. The Kier molecular flexibility index (Phi) is 6.84. The second kappa shape index (κ2) is 10.2. The molecule has 3 fully saturated rings. The molecule has 3 aromatic rings. The number of nitrogens with zero attached hydrogens (tertiary/aromatic N) is 2. The van der Waals surface area contributed by atoms with Gasteiger partial charge in [-0.25, -0.2) is 4.98 Å². The van der Waals surface area contributed by atoms with Gasteiger partial charge in [0, 0.05) is 11.8 Å². The zero-order chi connectivity index (χ0) is 30.1. The number of rotatable bonds is 5. The Hall–Kier alpha value is -3.07. The number of aromatic nitrogens is 2. The predicted molar refractivity (Wildman–Crippen MR) is 166 cm³/mol. The molecule has 0 amide bonds. The molecule has 2 aromatic carbocycles. The van der Waals surface area contributed by atoms with Crippen molar-refractivity contribution in [3.05, 3.63) is 76.6 Å². The molecule has 1 heterocycles. The summed E-state index contributed by atoms with van der Waals surface area (Å²) in [5, 5.41) is 24.8. The van der Waals surface area contributed by atoms with E-state index in [1.807, 2.05) is 55.5 Å². The predicted octanol–water partition coefficient (Wildman–Crippen LogP) is 5.28. The SMILES string of the molecule is CC12CCC(=O)C=C1CCC1C2C(O)CC2(C)C1CC[C@]2(O)C(=O)CSc1nc2ccccc2c(=O)n1-c1ccccc1. The van der Waals surface area contributed by atoms with Gasteiger partial charge >= 0.3 is 0 Å². The highest BCUT2D eigenvalue weighted by Crippen LogP contribution is 2.67. The standard InChI is InChI=1S/C35H38N2O5S/c1-33-16-14-23(38)18-21(33)12-13-24-26-15-17-35(42,34(26,2)19-28(39)30(24)33)29(40)20-43-32-36-27-11-7-6-10-25(27)31(41)37(32)22-8-4-3-5-9-22/h3-11,18,24,26,28,30,39,42H,12-17,19-20H2,1-2H3/t24?,26?,28?,30?,33?,34?,35-/m0/s1. The molecule has 1 aromatic heterocycles. The molecule has 43 heavy (non-hydrogen) atoms. The van der Waals surface area contributed by atoms with Crippen LogP contribution in [0.5, 0.6) is 0 Å². The number of ketones is 2. The van der Waals surface area contributed by atoms with Crippen LogP contribution in [0.25, 0.3) is 16.6 Å². The average molecular weight is 599 g/mol. The lowest BCUT2D eigenvalue weighted by atomic mass is 9.45. The zero-order valence-electron chi connectivity index (χ0n) is 24.7. The molecule has 0 saturated heterocycles. The minimum Gasteiger partial charge on any atom is -0.393 e. The number of allylic oxidation sites excluding steroid dienone is 1. The highest BCUT2D eigenvalue weighted by atomic mass is 32.2. The van der Waals surface area contributed by atoms with Crippen molar-refractivity contribution >= 4 is 34.2 Å². The molecule has 4 aliphatic carbocycles. The molecule has 2 N–H and O–H groups in total. The van der Waals surface area contributed by atoms with Crippen molar-refractivity contribution in [3.8, 4) is 5.69 Å². The van der Waals surface area contributed by atoms with Gasteiger partial charge in [0.1, 0.15) is 5.60 Å². The van der Waals surface area contributed by atoms with Crippen molar-refractivity contribution < 1.29 is 19.8 Å². The van der Waals surface area contributed by atoms with E-state index >= 15 is 0 Å². The van der Waals surface area contributed by atoms with Gasteiger partial charge < -0.3 is 10.2 Å². The van der Waals surface area contributed by atoms with E-state index in [-0.39, 0.29) is 46.0 Å². The number of aliphatic hydroxyl groups is 2. The molecule has 8 heteroatoms. The summed E-state index contributed by atoms with van der Waals surface area (Å²) in [5.74, 6) is 0.181. The van der Waals surface area contributed by atoms with Crippen molar-refractivity contribution in [1.29, 1.82) is 0 Å². The fourth-order valence-electron chi connectivity index (χ4n) is 9.41. The maximum absolute atomic E-state index is 14.1. The van der Waals surface area contributed by atoms with E-state index in [1.165, 1.54) is 17.3 Å². The van der Waals surface area contributed by atoms with Crippen LogP contribution < -0.4 is 5.56 Å². The van der Waals surface area contributed by atoms with Gasteiger partial charge in [-0.05, 0) is 92.0 Å². The summed E-state index contributed by atoms with van der Waals surface area (Å²) < 4.78 is 1.54. The third-order valence-electron chi connectivity index (χ3n) is 11.6. The number of hydrogen-bond acceptors (Lipinski definition) is 7. The molecular weight excluding hydrogens is 560 g/mol. The molecule has 4 aliphatic rings. The molecule has 7 atom stereocenters. The molecular formula is C35H38N2O5S. The van der Waals surface area contributed by atoms with Gasteiger partial charge in [0.15, 0.2) is 16.7 Å². The second-order valence-electron chi connectivity index (χ2n) is 13.6. The Labute approximate surface area is 255 Å².